The first-order chi connectivity index (χ1) is 27.6. The molecule has 58 heavy (non-hydrogen) atoms. The number of carbonyl (C=O) groups is 10. The minimum absolute atomic E-state index is 0.110. The quantitative estimate of drug-likeness (QED) is 0.0231. The molecule has 22 heteroatoms. The monoisotopic (exact) mass is 864 g/mol. The van der Waals surface area contributed by atoms with E-state index in [0.717, 1.165) is 75.7 Å². The van der Waals surface area contributed by atoms with E-state index >= 15 is 0 Å². The van der Waals surface area contributed by atoms with E-state index < -0.39 is 84.8 Å². The molecule has 0 saturated carbocycles. The standard InChI is InChI=1S/C36H60N6O14S2/c1-7-9-11-13-27(43)39-23(35(51)55-5)15-17-29(45)41-25(33(49)37-19-31(47)53-3)21-57-58-22-26(34(50)38-20-32(48)54-4)42-30(46)18-16-24(36(52)56-6)40-28(44)14-12-10-8-2/h23-26H,7-22H2,1-6H3,(H,37,49)(H,38,50)(H,39,43)(H,40,44)(H,41,45)(H,42,46)/t23-,24-,25-,26-/m0/s1. The molecular weight excluding hydrogens is 805 g/mol. The highest BCUT2D eigenvalue weighted by molar-refractivity contribution is 8.76. The van der Waals surface area contributed by atoms with E-state index in [1.54, 1.807) is 0 Å². The molecule has 6 N–H and O–H groups in total. The van der Waals surface area contributed by atoms with Crippen LogP contribution in [0.1, 0.15) is 90.9 Å². The van der Waals surface area contributed by atoms with Gasteiger partial charge in [0.2, 0.25) is 35.4 Å². The Hall–Kier alpha value is -4.60. The molecule has 0 aliphatic heterocycles. The Morgan fingerprint density at radius 3 is 1.09 bits per heavy atom. The predicted octanol–water partition coefficient (Wildman–Crippen LogP) is -0.0476. The van der Waals surface area contributed by atoms with Crippen molar-refractivity contribution in [1.82, 2.24) is 31.9 Å². The van der Waals surface area contributed by atoms with E-state index in [0.29, 0.717) is 12.8 Å². The van der Waals surface area contributed by atoms with Crippen molar-refractivity contribution in [3.05, 3.63) is 0 Å². The molecule has 0 saturated heterocycles. The number of amides is 6. The summed E-state index contributed by atoms with van der Waals surface area (Å²) in [6, 6.07) is -4.69. The second-order valence-electron chi connectivity index (χ2n) is 12.7. The first-order valence-corrected chi connectivity index (χ1v) is 21.4. The first-order valence-electron chi connectivity index (χ1n) is 18.9. The van der Waals surface area contributed by atoms with Gasteiger partial charge in [-0.2, -0.15) is 0 Å². The van der Waals surface area contributed by atoms with Crippen molar-refractivity contribution in [3.8, 4) is 0 Å². The van der Waals surface area contributed by atoms with E-state index in [9.17, 15) is 47.9 Å². The van der Waals surface area contributed by atoms with Gasteiger partial charge in [0.15, 0.2) is 0 Å². The lowest BCUT2D eigenvalue weighted by Gasteiger charge is -2.21. The van der Waals surface area contributed by atoms with Crippen LogP contribution in [0.3, 0.4) is 0 Å². The van der Waals surface area contributed by atoms with Gasteiger partial charge in [0.25, 0.3) is 0 Å². The zero-order valence-electron chi connectivity index (χ0n) is 34.2. The summed E-state index contributed by atoms with van der Waals surface area (Å²) in [4.78, 5) is 125. The molecule has 0 radical (unpaired) electrons. The highest BCUT2D eigenvalue weighted by Crippen LogP contribution is 2.23. The molecule has 0 rings (SSSR count). The van der Waals surface area contributed by atoms with E-state index in [4.69, 9.17) is 9.47 Å². The highest BCUT2D eigenvalue weighted by Gasteiger charge is 2.28. The van der Waals surface area contributed by atoms with Crippen LogP contribution < -0.4 is 31.9 Å². The number of ether oxygens (including phenoxy) is 4. The van der Waals surface area contributed by atoms with E-state index in [1.165, 1.54) is 0 Å². The largest absolute Gasteiger partial charge is 0.468 e. The van der Waals surface area contributed by atoms with Crippen molar-refractivity contribution in [2.75, 3.05) is 53.0 Å². The van der Waals surface area contributed by atoms with Crippen molar-refractivity contribution in [2.45, 2.75) is 115 Å². The topological polar surface area (TPSA) is 280 Å². The summed E-state index contributed by atoms with van der Waals surface area (Å²) in [5.74, 6) is -6.79. The van der Waals surface area contributed by atoms with Crippen LogP contribution in [0.25, 0.3) is 0 Å². The molecule has 0 bridgehead atoms. The minimum atomic E-state index is -1.23. The lowest BCUT2D eigenvalue weighted by atomic mass is 10.1. The van der Waals surface area contributed by atoms with Gasteiger partial charge < -0.3 is 50.8 Å². The van der Waals surface area contributed by atoms with Crippen LogP contribution in [-0.2, 0) is 66.9 Å². The fourth-order valence-electron chi connectivity index (χ4n) is 4.78. The summed E-state index contributed by atoms with van der Waals surface area (Å²) in [7, 11) is 6.60. The molecule has 0 fully saturated rings. The van der Waals surface area contributed by atoms with Crippen molar-refractivity contribution in [3.63, 3.8) is 0 Å². The summed E-state index contributed by atoms with van der Waals surface area (Å²) in [5.41, 5.74) is 0. The molecule has 0 aromatic rings. The zero-order valence-corrected chi connectivity index (χ0v) is 35.8. The van der Waals surface area contributed by atoms with Crippen LogP contribution in [0.5, 0.6) is 0 Å². The van der Waals surface area contributed by atoms with Gasteiger partial charge in [-0.25, -0.2) is 9.59 Å². The van der Waals surface area contributed by atoms with Gasteiger partial charge in [-0.15, -0.1) is 0 Å². The van der Waals surface area contributed by atoms with Crippen LogP contribution >= 0.6 is 21.6 Å². The molecule has 330 valence electrons. The number of hydrogen-bond acceptors (Lipinski definition) is 16. The Morgan fingerprint density at radius 1 is 0.448 bits per heavy atom. The van der Waals surface area contributed by atoms with Crippen LogP contribution in [0.15, 0.2) is 0 Å². The van der Waals surface area contributed by atoms with Crippen LogP contribution in [0.4, 0.5) is 0 Å². The van der Waals surface area contributed by atoms with Crippen LogP contribution in [0, 0.1) is 0 Å². The Balaban J connectivity index is 5.71. The molecule has 0 aromatic carbocycles. The van der Waals surface area contributed by atoms with Gasteiger partial charge in [-0.1, -0.05) is 61.1 Å². The summed E-state index contributed by atoms with van der Waals surface area (Å²) in [5, 5.41) is 15.0. The second kappa shape index (κ2) is 32.4. The fraction of sp³-hybridized carbons (Fsp3) is 0.722. The van der Waals surface area contributed by atoms with Crippen molar-refractivity contribution in [2.24, 2.45) is 0 Å². The van der Waals surface area contributed by atoms with Crippen molar-refractivity contribution >= 4 is 80.9 Å². The maximum Gasteiger partial charge on any atom is 0.328 e. The number of unbranched alkanes of at least 4 members (excludes halogenated alkanes) is 4. The smallest absolute Gasteiger partial charge is 0.328 e. The highest BCUT2D eigenvalue weighted by atomic mass is 33.1. The van der Waals surface area contributed by atoms with Gasteiger partial charge in [-0.05, 0) is 25.7 Å². The van der Waals surface area contributed by atoms with Gasteiger partial charge >= 0.3 is 23.9 Å². The van der Waals surface area contributed by atoms with Gasteiger partial charge in [0.05, 0.1) is 28.4 Å². The third-order valence-corrected chi connectivity index (χ3v) is 10.5. The lowest BCUT2D eigenvalue weighted by molar-refractivity contribution is -0.146. The molecule has 4 atom stereocenters. The number of methoxy groups -OCH3 is 4. The summed E-state index contributed by atoms with van der Waals surface area (Å²) >= 11 is 0. The molecule has 0 aromatic heterocycles. The number of nitrogens with one attached hydrogen (secondary N) is 6. The van der Waals surface area contributed by atoms with Crippen LogP contribution in [0.2, 0.25) is 0 Å². The van der Waals surface area contributed by atoms with Gasteiger partial charge in [-0.3, -0.25) is 38.4 Å². The Bertz CT molecular complexity index is 1270. The summed E-state index contributed by atoms with van der Waals surface area (Å²) < 4.78 is 18.6. The van der Waals surface area contributed by atoms with E-state index in [2.05, 4.69) is 41.4 Å². The zero-order chi connectivity index (χ0) is 43.9. The number of rotatable bonds is 31. The Kier molecular flexibility index (Phi) is 29.8. The number of carbonyl (C=O) groups excluding carboxylic acids is 10. The van der Waals surface area contributed by atoms with Gasteiger partial charge in [0, 0.05) is 37.2 Å². The number of hydrogen-bond donors (Lipinski definition) is 6. The third kappa shape index (κ3) is 24.9. The molecule has 0 aliphatic rings. The lowest BCUT2D eigenvalue weighted by Crippen LogP contribution is -2.50. The number of esters is 4. The molecule has 0 spiro atoms. The first kappa shape index (κ1) is 53.4. The molecule has 0 heterocycles. The van der Waals surface area contributed by atoms with Crippen LogP contribution in [-0.4, -0.2) is 137 Å². The summed E-state index contributed by atoms with van der Waals surface area (Å²) in [6.07, 6.45) is 4.22. The molecule has 20 nitrogen and oxygen atoms in total. The maximum atomic E-state index is 13.0. The maximum absolute atomic E-state index is 13.0. The van der Waals surface area contributed by atoms with Crippen molar-refractivity contribution in [1.29, 1.82) is 0 Å². The van der Waals surface area contributed by atoms with E-state index in [1.807, 2.05) is 13.8 Å². The summed E-state index contributed by atoms with van der Waals surface area (Å²) in [6.45, 7) is 2.96. The van der Waals surface area contributed by atoms with E-state index in [-0.39, 0.29) is 61.8 Å². The predicted molar refractivity (Wildman–Crippen MR) is 213 cm³/mol. The molecular formula is C36H60N6O14S2. The molecule has 0 aliphatic carbocycles. The third-order valence-electron chi connectivity index (χ3n) is 8.10. The Labute approximate surface area is 347 Å². The average molecular weight is 865 g/mol. The second-order valence-corrected chi connectivity index (χ2v) is 15.2. The molecule has 0 unspecified atom stereocenters. The fourth-order valence-corrected chi connectivity index (χ4v) is 7.11. The van der Waals surface area contributed by atoms with Crippen molar-refractivity contribution < 1.29 is 66.9 Å². The SMILES string of the molecule is CCCCCC(=O)N[C@@H](CCC(=O)N[C@@H](CSSC[C@H](NC(=O)CC[C@H](NC(=O)CCCCC)C(=O)OC)C(=O)NCC(=O)OC)C(=O)NCC(=O)OC)C(=O)OC. The average Bonchev–Trinajstić information content (AvgIpc) is 3.21. The minimum Gasteiger partial charge on any atom is -0.468 e. The Morgan fingerprint density at radius 2 is 0.776 bits per heavy atom. The molecule has 6 amide bonds. The van der Waals surface area contributed by atoms with Gasteiger partial charge in [0.1, 0.15) is 37.3 Å². The normalized spacial score (nSPS) is 12.6.